The molecule has 23 heavy (non-hydrogen) atoms. The lowest BCUT2D eigenvalue weighted by atomic mass is 9.98. The predicted octanol–water partition coefficient (Wildman–Crippen LogP) is 2.80. The molecule has 0 amide bonds. The van der Waals surface area contributed by atoms with Crippen LogP contribution in [0.5, 0.6) is 0 Å². The van der Waals surface area contributed by atoms with Crippen LogP contribution in [-0.4, -0.2) is 32.8 Å². The Bertz CT molecular complexity index is 817. The summed E-state index contributed by atoms with van der Waals surface area (Å²) in [5, 5.41) is 8.01. The van der Waals surface area contributed by atoms with Gasteiger partial charge in [-0.1, -0.05) is 12.1 Å². The smallest absolute Gasteiger partial charge is 0.0927 e. The molecule has 1 fully saturated rings. The molecule has 1 aliphatic rings. The van der Waals surface area contributed by atoms with Crippen molar-refractivity contribution in [1.82, 2.24) is 25.1 Å². The van der Waals surface area contributed by atoms with Crippen LogP contribution in [-0.2, 0) is 6.54 Å². The molecule has 0 saturated carbocycles. The van der Waals surface area contributed by atoms with Crippen molar-refractivity contribution in [2.45, 2.75) is 26.3 Å². The van der Waals surface area contributed by atoms with Crippen LogP contribution in [0.15, 0.2) is 36.7 Å². The summed E-state index contributed by atoms with van der Waals surface area (Å²) in [4.78, 5) is 9.26. The number of rotatable bonds is 3. The average Bonchev–Trinajstić information content (AvgIpc) is 2.96. The van der Waals surface area contributed by atoms with E-state index in [1.54, 1.807) is 0 Å². The van der Waals surface area contributed by atoms with Gasteiger partial charge in [0, 0.05) is 17.8 Å². The minimum atomic E-state index is 0.713. The molecule has 0 radical (unpaired) electrons. The maximum Gasteiger partial charge on any atom is 0.0927 e. The Balaban J connectivity index is 1.63. The molecule has 118 valence electrons. The lowest BCUT2D eigenvalue weighted by molar-refractivity contribution is 0.319. The molecule has 0 bridgehead atoms. The van der Waals surface area contributed by atoms with E-state index in [-0.39, 0.29) is 0 Å². The minimum Gasteiger partial charge on any atom is -0.317 e. The molecule has 0 atom stereocenters. The van der Waals surface area contributed by atoms with Crippen LogP contribution in [0.4, 0.5) is 0 Å². The summed E-state index contributed by atoms with van der Waals surface area (Å²) in [7, 11) is 0. The van der Waals surface area contributed by atoms with E-state index >= 15 is 0 Å². The summed E-state index contributed by atoms with van der Waals surface area (Å²) in [5.41, 5.74) is 5.01. The highest BCUT2D eigenvalue weighted by Gasteiger charge is 2.17. The Morgan fingerprint density at radius 3 is 2.74 bits per heavy atom. The van der Waals surface area contributed by atoms with Gasteiger partial charge in [0.1, 0.15) is 0 Å². The summed E-state index contributed by atoms with van der Waals surface area (Å²) in [6.07, 6.45) is 6.23. The minimum absolute atomic E-state index is 0.713. The fourth-order valence-corrected chi connectivity index (χ4v) is 3.28. The molecule has 4 rings (SSSR count). The third-order valence-electron chi connectivity index (χ3n) is 4.72. The molecule has 0 unspecified atom stereocenters. The van der Waals surface area contributed by atoms with E-state index in [0.29, 0.717) is 5.92 Å². The zero-order valence-corrected chi connectivity index (χ0v) is 13.4. The first kappa shape index (κ1) is 14.3. The topological polar surface area (TPSA) is 55.6 Å². The molecule has 1 saturated heterocycles. The second-order valence-corrected chi connectivity index (χ2v) is 6.26. The van der Waals surface area contributed by atoms with Crippen LogP contribution in [0, 0.1) is 12.8 Å². The average molecular weight is 307 g/mol. The maximum atomic E-state index is 4.74. The van der Waals surface area contributed by atoms with Gasteiger partial charge in [0.05, 0.1) is 29.1 Å². The van der Waals surface area contributed by atoms with Crippen molar-refractivity contribution in [3.8, 4) is 11.3 Å². The van der Waals surface area contributed by atoms with Crippen LogP contribution >= 0.6 is 0 Å². The van der Waals surface area contributed by atoms with E-state index in [0.717, 1.165) is 41.9 Å². The first-order valence-electron chi connectivity index (χ1n) is 8.26. The number of benzene rings is 1. The molecule has 1 aliphatic heterocycles. The standard InChI is InChI=1S/C18H21N5/c1-13-15(10-21-23(13)12-14-6-8-19-9-7-14)18-11-20-16-4-2-3-5-17(16)22-18/h2-5,10-11,14,19H,6-9,12H2,1H3. The normalized spacial score (nSPS) is 16.0. The van der Waals surface area contributed by atoms with Crippen LogP contribution in [0.1, 0.15) is 18.5 Å². The molecular formula is C18H21N5. The predicted molar refractivity (Wildman–Crippen MR) is 91.1 cm³/mol. The number of nitrogens with zero attached hydrogens (tertiary/aromatic N) is 4. The molecular weight excluding hydrogens is 286 g/mol. The fourth-order valence-electron chi connectivity index (χ4n) is 3.28. The van der Waals surface area contributed by atoms with Gasteiger partial charge in [0.25, 0.3) is 0 Å². The zero-order chi connectivity index (χ0) is 15.6. The number of hydrogen-bond donors (Lipinski definition) is 1. The number of nitrogens with one attached hydrogen (secondary N) is 1. The van der Waals surface area contributed by atoms with Crippen molar-refractivity contribution in [1.29, 1.82) is 0 Å². The van der Waals surface area contributed by atoms with E-state index in [2.05, 4.69) is 27.0 Å². The van der Waals surface area contributed by atoms with Crippen LogP contribution in [0.25, 0.3) is 22.3 Å². The Morgan fingerprint density at radius 1 is 1.13 bits per heavy atom. The van der Waals surface area contributed by atoms with Gasteiger partial charge in [0.2, 0.25) is 0 Å². The van der Waals surface area contributed by atoms with Crippen molar-refractivity contribution in [2.24, 2.45) is 5.92 Å². The van der Waals surface area contributed by atoms with E-state index in [1.807, 2.05) is 36.7 Å². The Kier molecular flexibility index (Phi) is 3.79. The lowest BCUT2D eigenvalue weighted by Gasteiger charge is -2.23. The molecule has 2 aromatic heterocycles. The van der Waals surface area contributed by atoms with Crippen molar-refractivity contribution < 1.29 is 0 Å². The molecule has 3 heterocycles. The highest BCUT2D eigenvalue weighted by molar-refractivity contribution is 5.77. The Morgan fingerprint density at radius 2 is 1.91 bits per heavy atom. The van der Waals surface area contributed by atoms with Crippen molar-refractivity contribution in [2.75, 3.05) is 13.1 Å². The number of aromatic nitrogens is 4. The first-order valence-corrected chi connectivity index (χ1v) is 8.26. The Hall–Kier alpha value is -2.27. The quantitative estimate of drug-likeness (QED) is 0.808. The summed E-state index contributed by atoms with van der Waals surface area (Å²) in [5.74, 6) is 0.713. The second kappa shape index (κ2) is 6.08. The summed E-state index contributed by atoms with van der Waals surface area (Å²) < 4.78 is 2.13. The zero-order valence-electron chi connectivity index (χ0n) is 13.4. The highest BCUT2D eigenvalue weighted by atomic mass is 15.3. The fraction of sp³-hybridized carbons (Fsp3) is 0.389. The summed E-state index contributed by atoms with van der Waals surface area (Å²) in [6, 6.07) is 7.97. The number of fused-ring (bicyclic) bond motifs is 1. The van der Waals surface area contributed by atoms with Crippen molar-refractivity contribution in [3.63, 3.8) is 0 Å². The van der Waals surface area contributed by atoms with E-state index in [1.165, 1.54) is 18.5 Å². The molecule has 0 aliphatic carbocycles. The molecule has 1 N–H and O–H groups in total. The van der Waals surface area contributed by atoms with E-state index < -0.39 is 0 Å². The van der Waals surface area contributed by atoms with Gasteiger partial charge in [-0.25, -0.2) is 4.98 Å². The maximum absolute atomic E-state index is 4.74. The van der Waals surface area contributed by atoms with Gasteiger partial charge in [-0.05, 0) is 50.9 Å². The largest absolute Gasteiger partial charge is 0.317 e. The van der Waals surface area contributed by atoms with Crippen LogP contribution < -0.4 is 5.32 Å². The second-order valence-electron chi connectivity index (χ2n) is 6.26. The molecule has 5 heteroatoms. The van der Waals surface area contributed by atoms with E-state index in [4.69, 9.17) is 4.98 Å². The first-order chi connectivity index (χ1) is 11.3. The van der Waals surface area contributed by atoms with Gasteiger partial charge in [-0.3, -0.25) is 9.67 Å². The number of hydrogen-bond acceptors (Lipinski definition) is 4. The molecule has 5 nitrogen and oxygen atoms in total. The third kappa shape index (κ3) is 2.84. The SMILES string of the molecule is Cc1c(-c2cnc3ccccc3n2)cnn1CC1CCNCC1. The van der Waals surface area contributed by atoms with Gasteiger partial charge in [0.15, 0.2) is 0 Å². The monoisotopic (exact) mass is 307 g/mol. The lowest BCUT2D eigenvalue weighted by Crippen LogP contribution is -2.30. The van der Waals surface area contributed by atoms with Crippen LogP contribution in [0.3, 0.4) is 0 Å². The Labute approximate surface area is 135 Å². The third-order valence-corrected chi connectivity index (χ3v) is 4.72. The van der Waals surface area contributed by atoms with Gasteiger partial charge >= 0.3 is 0 Å². The van der Waals surface area contributed by atoms with Gasteiger partial charge in [-0.2, -0.15) is 5.10 Å². The number of piperidine rings is 1. The van der Waals surface area contributed by atoms with E-state index in [9.17, 15) is 0 Å². The van der Waals surface area contributed by atoms with Gasteiger partial charge < -0.3 is 5.32 Å². The summed E-state index contributed by atoms with van der Waals surface area (Å²) in [6.45, 7) is 5.36. The molecule has 1 aromatic carbocycles. The summed E-state index contributed by atoms with van der Waals surface area (Å²) >= 11 is 0. The van der Waals surface area contributed by atoms with Crippen molar-refractivity contribution >= 4 is 11.0 Å². The van der Waals surface area contributed by atoms with Crippen LogP contribution in [0.2, 0.25) is 0 Å². The van der Waals surface area contributed by atoms with Crippen molar-refractivity contribution in [3.05, 3.63) is 42.4 Å². The molecule has 0 spiro atoms. The highest BCUT2D eigenvalue weighted by Crippen LogP contribution is 2.24. The number of para-hydroxylation sites is 2. The molecule has 3 aromatic rings. The van der Waals surface area contributed by atoms with Gasteiger partial charge in [-0.15, -0.1) is 0 Å².